The van der Waals surface area contributed by atoms with Crippen molar-refractivity contribution in [2.45, 2.75) is 24.1 Å². The molecule has 0 amide bonds. The molecule has 0 aliphatic carbocycles. The van der Waals surface area contributed by atoms with E-state index in [2.05, 4.69) is 24.4 Å². The summed E-state index contributed by atoms with van der Waals surface area (Å²) < 4.78 is 24.4. The maximum absolute atomic E-state index is 12.2. The fourth-order valence-electron chi connectivity index (χ4n) is 1.76. The van der Waals surface area contributed by atoms with Crippen LogP contribution in [0, 0.1) is 6.92 Å². The molecule has 0 aliphatic heterocycles. The molecule has 0 aromatic heterocycles. The molecule has 1 N–H and O–H groups in total. The summed E-state index contributed by atoms with van der Waals surface area (Å²) in [4.78, 5) is 0.580. The van der Waals surface area contributed by atoms with E-state index in [9.17, 15) is 8.78 Å². The Hall–Kier alpha value is -1.55. The van der Waals surface area contributed by atoms with Crippen molar-refractivity contribution in [3.63, 3.8) is 0 Å². The maximum Gasteiger partial charge on any atom is 0.288 e. The molecule has 0 atom stereocenters. The fraction of sp³-hybridized carbons (Fsp3) is 0.200. The van der Waals surface area contributed by atoms with Crippen molar-refractivity contribution in [3.8, 4) is 0 Å². The molecular formula is C15H15F2NS. The van der Waals surface area contributed by atoms with Crippen molar-refractivity contribution in [1.29, 1.82) is 0 Å². The quantitative estimate of drug-likeness (QED) is 0.779. The van der Waals surface area contributed by atoms with Gasteiger partial charge in [-0.3, -0.25) is 0 Å². The normalized spacial score (nSPS) is 10.7. The summed E-state index contributed by atoms with van der Waals surface area (Å²) in [6.07, 6.45) is 0. The van der Waals surface area contributed by atoms with Gasteiger partial charge in [-0.05, 0) is 42.3 Å². The molecule has 0 unspecified atom stereocenters. The zero-order chi connectivity index (χ0) is 13.7. The van der Waals surface area contributed by atoms with Gasteiger partial charge < -0.3 is 5.32 Å². The molecule has 1 nitrogen and oxygen atoms in total. The highest BCUT2D eigenvalue weighted by molar-refractivity contribution is 7.99. The van der Waals surface area contributed by atoms with E-state index >= 15 is 0 Å². The van der Waals surface area contributed by atoms with Crippen LogP contribution >= 0.6 is 11.8 Å². The van der Waals surface area contributed by atoms with Gasteiger partial charge in [0.2, 0.25) is 0 Å². The molecule has 100 valence electrons. The highest BCUT2D eigenvalue weighted by atomic mass is 32.2. The minimum atomic E-state index is -2.37. The van der Waals surface area contributed by atoms with Crippen molar-refractivity contribution >= 4 is 17.4 Å². The van der Waals surface area contributed by atoms with Crippen molar-refractivity contribution in [2.75, 3.05) is 5.32 Å². The number of halogens is 2. The summed E-state index contributed by atoms with van der Waals surface area (Å²) in [7, 11) is 0. The zero-order valence-electron chi connectivity index (χ0n) is 10.6. The highest BCUT2D eigenvalue weighted by Crippen LogP contribution is 2.26. The second kappa shape index (κ2) is 6.57. The van der Waals surface area contributed by atoms with Gasteiger partial charge in [-0.25, -0.2) is 0 Å². The molecule has 0 saturated carbocycles. The number of anilines is 1. The molecule has 2 aromatic carbocycles. The van der Waals surface area contributed by atoms with Crippen LogP contribution in [0.2, 0.25) is 0 Å². The Labute approximate surface area is 116 Å². The molecule has 0 spiro atoms. The molecule has 0 saturated heterocycles. The number of hydrogen-bond acceptors (Lipinski definition) is 2. The first-order valence-corrected chi connectivity index (χ1v) is 6.86. The summed E-state index contributed by atoms with van der Waals surface area (Å²) in [5, 5.41) is 3.29. The van der Waals surface area contributed by atoms with Crippen molar-refractivity contribution in [1.82, 2.24) is 0 Å². The van der Waals surface area contributed by atoms with Gasteiger partial charge in [0.05, 0.1) is 0 Å². The molecule has 19 heavy (non-hydrogen) atoms. The predicted molar refractivity (Wildman–Crippen MR) is 76.8 cm³/mol. The van der Waals surface area contributed by atoms with Gasteiger partial charge >= 0.3 is 0 Å². The summed E-state index contributed by atoms with van der Waals surface area (Å²) in [6, 6.07) is 15.2. The van der Waals surface area contributed by atoms with Gasteiger partial charge in [0.15, 0.2) is 0 Å². The Morgan fingerprint density at radius 2 is 1.74 bits per heavy atom. The summed E-state index contributed by atoms with van der Waals surface area (Å²) in [5.74, 6) is -2.37. The highest BCUT2D eigenvalue weighted by Gasteiger charge is 2.04. The SMILES string of the molecule is Cc1ccccc1CNc1ccc(SC(F)F)cc1. The number of rotatable bonds is 5. The monoisotopic (exact) mass is 279 g/mol. The molecule has 0 fully saturated rings. The molecule has 4 heteroatoms. The first-order valence-electron chi connectivity index (χ1n) is 5.98. The predicted octanol–water partition coefficient (Wildman–Crippen LogP) is 4.92. The van der Waals surface area contributed by atoms with Gasteiger partial charge in [0, 0.05) is 17.1 Å². The van der Waals surface area contributed by atoms with Crippen LogP contribution in [0.5, 0.6) is 0 Å². The van der Waals surface area contributed by atoms with Crippen LogP contribution < -0.4 is 5.32 Å². The molecule has 2 rings (SSSR count). The standard InChI is InChI=1S/C15H15F2NS/c1-11-4-2-3-5-12(11)10-18-13-6-8-14(9-7-13)19-15(16)17/h2-9,15,18H,10H2,1H3. The summed E-state index contributed by atoms with van der Waals surface area (Å²) in [6.45, 7) is 2.80. The van der Waals surface area contributed by atoms with E-state index in [0.29, 0.717) is 16.7 Å². The number of hydrogen-bond donors (Lipinski definition) is 1. The van der Waals surface area contributed by atoms with E-state index in [-0.39, 0.29) is 0 Å². The van der Waals surface area contributed by atoms with E-state index in [4.69, 9.17) is 0 Å². The third kappa shape index (κ3) is 4.24. The Balaban J connectivity index is 1.95. The smallest absolute Gasteiger partial charge is 0.288 e. The van der Waals surface area contributed by atoms with Crippen molar-refractivity contribution in [3.05, 3.63) is 59.7 Å². The van der Waals surface area contributed by atoms with Crippen LogP contribution in [0.4, 0.5) is 14.5 Å². The molecule has 0 aliphatic rings. The second-order valence-electron chi connectivity index (χ2n) is 4.18. The molecule has 0 heterocycles. The Morgan fingerprint density at radius 3 is 2.37 bits per heavy atom. The third-order valence-electron chi connectivity index (χ3n) is 2.82. The van der Waals surface area contributed by atoms with Crippen LogP contribution in [0.25, 0.3) is 0 Å². The Bertz CT molecular complexity index is 526. The lowest BCUT2D eigenvalue weighted by Gasteiger charge is -2.09. The van der Waals surface area contributed by atoms with Crippen LogP contribution in [0.3, 0.4) is 0 Å². The molecule has 0 radical (unpaired) electrons. The first-order chi connectivity index (χ1) is 9.15. The zero-order valence-corrected chi connectivity index (χ0v) is 11.4. The van der Waals surface area contributed by atoms with E-state index in [1.54, 1.807) is 12.1 Å². The average molecular weight is 279 g/mol. The number of thioether (sulfide) groups is 1. The Kier molecular flexibility index (Phi) is 4.80. The van der Waals surface area contributed by atoms with Crippen molar-refractivity contribution < 1.29 is 8.78 Å². The lowest BCUT2D eigenvalue weighted by Crippen LogP contribution is -2.00. The van der Waals surface area contributed by atoms with E-state index < -0.39 is 5.76 Å². The third-order valence-corrected chi connectivity index (χ3v) is 3.55. The van der Waals surface area contributed by atoms with Gasteiger partial charge in [-0.1, -0.05) is 36.0 Å². The number of nitrogens with one attached hydrogen (secondary N) is 1. The number of alkyl halides is 2. The van der Waals surface area contributed by atoms with E-state index in [1.165, 1.54) is 11.1 Å². The number of aryl methyl sites for hydroxylation is 1. The molecule has 0 bridgehead atoms. The van der Waals surface area contributed by atoms with Crippen LogP contribution in [0.15, 0.2) is 53.4 Å². The minimum Gasteiger partial charge on any atom is -0.381 e. The average Bonchev–Trinajstić information content (AvgIpc) is 2.39. The summed E-state index contributed by atoms with van der Waals surface area (Å²) >= 11 is 0.563. The molecule has 2 aromatic rings. The largest absolute Gasteiger partial charge is 0.381 e. The summed E-state index contributed by atoms with van der Waals surface area (Å²) in [5.41, 5.74) is 3.40. The van der Waals surface area contributed by atoms with Crippen LogP contribution in [0.1, 0.15) is 11.1 Å². The maximum atomic E-state index is 12.2. The van der Waals surface area contributed by atoms with Gasteiger partial charge in [-0.2, -0.15) is 8.78 Å². The second-order valence-corrected chi connectivity index (χ2v) is 5.25. The van der Waals surface area contributed by atoms with Crippen LogP contribution in [-0.4, -0.2) is 5.76 Å². The lowest BCUT2D eigenvalue weighted by molar-refractivity contribution is 0.252. The number of benzene rings is 2. The van der Waals surface area contributed by atoms with Gasteiger partial charge in [-0.15, -0.1) is 0 Å². The Morgan fingerprint density at radius 1 is 1.05 bits per heavy atom. The van der Waals surface area contributed by atoms with Crippen LogP contribution in [-0.2, 0) is 6.54 Å². The van der Waals surface area contributed by atoms with Crippen molar-refractivity contribution in [2.24, 2.45) is 0 Å². The fourth-order valence-corrected chi connectivity index (χ4v) is 2.26. The first kappa shape index (κ1) is 13.9. The topological polar surface area (TPSA) is 12.0 Å². The minimum absolute atomic E-state index is 0.563. The van der Waals surface area contributed by atoms with E-state index in [1.807, 2.05) is 24.3 Å². The molecular weight excluding hydrogens is 264 g/mol. The van der Waals surface area contributed by atoms with E-state index in [0.717, 1.165) is 12.2 Å². The van der Waals surface area contributed by atoms with Gasteiger partial charge in [0.1, 0.15) is 0 Å². The van der Waals surface area contributed by atoms with Gasteiger partial charge in [0.25, 0.3) is 5.76 Å². The lowest BCUT2D eigenvalue weighted by atomic mass is 10.1.